The Morgan fingerprint density at radius 3 is 2.72 bits per heavy atom. The van der Waals surface area contributed by atoms with Crippen LogP contribution in [-0.4, -0.2) is 34.5 Å². The van der Waals surface area contributed by atoms with Crippen LogP contribution in [0.3, 0.4) is 0 Å². The number of aliphatic hydroxyl groups excluding tert-OH is 2. The van der Waals surface area contributed by atoms with Crippen LogP contribution in [0.2, 0.25) is 0 Å². The molecule has 4 heteroatoms. The molecule has 2 unspecified atom stereocenters. The van der Waals surface area contributed by atoms with Crippen molar-refractivity contribution in [3.05, 3.63) is 11.6 Å². The number of hydrogen-bond acceptors (Lipinski definition) is 4. The van der Waals surface area contributed by atoms with E-state index in [4.69, 9.17) is 0 Å². The van der Waals surface area contributed by atoms with E-state index in [1.54, 1.807) is 0 Å². The van der Waals surface area contributed by atoms with E-state index in [9.17, 15) is 19.8 Å². The maximum Gasteiger partial charge on any atom is 0.155 e. The molecule has 4 aliphatic rings. The first-order chi connectivity index (χ1) is 11.8. The van der Waals surface area contributed by atoms with Crippen molar-refractivity contribution in [3.63, 3.8) is 0 Å². The summed E-state index contributed by atoms with van der Waals surface area (Å²) in [6.07, 6.45) is 7.15. The van der Waals surface area contributed by atoms with Gasteiger partial charge in [0.05, 0.1) is 6.10 Å². The molecule has 0 radical (unpaired) electrons. The second kappa shape index (κ2) is 5.75. The highest BCUT2D eigenvalue weighted by Crippen LogP contribution is 2.66. The van der Waals surface area contributed by atoms with Gasteiger partial charge in [-0.1, -0.05) is 19.4 Å². The number of aldehydes is 1. The second-order valence-electron chi connectivity index (χ2n) is 9.48. The predicted octanol–water partition coefficient (Wildman–Crippen LogP) is 2.67. The van der Waals surface area contributed by atoms with Gasteiger partial charge in [-0.15, -0.1) is 0 Å². The van der Waals surface area contributed by atoms with Gasteiger partial charge in [-0.25, -0.2) is 0 Å². The Morgan fingerprint density at radius 2 is 2.00 bits per heavy atom. The van der Waals surface area contributed by atoms with Gasteiger partial charge in [0.25, 0.3) is 0 Å². The Labute approximate surface area is 149 Å². The van der Waals surface area contributed by atoms with Gasteiger partial charge in [-0.3, -0.25) is 4.79 Å². The lowest BCUT2D eigenvalue weighted by molar-refractivity contribution is -0.145. The van der Waals surface area contributed by atoms with Crippen LogP contribution in [0.1, 0.15) is 58.8 Å². The van der Waals surface area contributed by atoms with Crippen molar-refractivity contribution >= 4 is 12.1 Å². The number of aliphatic hydroxyl groups is 2. The predicted molar refractivity (Wildman–Crippen MR) is 93.7 cm³/mol. The summed E-state index contributed by atoms with van der Waals surface area (Å²) >= 11 is 0. The highest BCUT2D eigenvalue weighted by atomic mass is 16.3. The van der Waals surface area contributed by atoms with Gasteiger partial charge >= 0.3 is 0 Å². The molecule has 2 N–H and O–H groups in total. The summed E-state index contributed by atoms with van der Waals surface area (Å²) in [4.78, 5) is 23.1. The summed E-state index contributed by atoms with van der Waals surface area (Å²) in [5.74, 6) is 1.27. The zero-order valence-electron chi connectivity index (χ0n) is 15.3. The summed E-state index contributed by atoms with van der Waals surface area (Å²) in [6, 6.07) is 0. The van der Waals surface area contributed by atoms with E-state index in [2.05, 4.69) is 13.8 Å². The largest absolute Gasteiger partial charge is 0.393 e. The molecule has 3 saturated carbocycles. The average Bonchev–Trinajstić information content (AvgIpc) is 2.91. The van der Waals surface area contributed by atoms with Crippen molar-refractivity contribution in [1.82, 2.24) is 0 Å². The molecule has 0 aromatic rings. The molecule has 8 atom stereocenters. The van der Waals surface area contributed by atoms with Crippen LogP contribution < -0.4 is 0 Å². The molecule has 0 amide bonds. The van der Waals surface area contributed by atoms with Crippen LogP contribution >= 0.6 is 0 Å². The Kier molecular flexibility index (Phi) is 4.01. The van der Waals surface area contributed by atoms with Crippen LogP contribution in [0.15, 0.2) is 11.6 Å². The molecule has 4 aliphatic carbocycles. The van der Waals surface area contributed by atoms with Gasteiger partial charge in [0, 0.05) is 6.42 Å². The molecule has 0 saturated heterocycles. The van der Waals surface area contributed by atoms with Gasteiger partial charge in [-0.2, -0.15) is 0 Å². The lowest BCUT2D eigenvalue weighted by Crippen LogP contribution is -2.57. The van der Waals surface area contributed by atoms with Crippen LogP contribution in [0.25, 0.3) is 0 Å². The van der Waals surface area contributed by atoms with Crippen molar-refractivity contribution in [2.45, 2.75) is 71.0 Å². The molecular formula is C21H30O4. The summed E-state index contributed by atoms with van der Waals surface area (Å²) in [6.45, 7) is 4.43. The van der Waals surface area contributed by atoms with Gasteiger partial charge in [0.15, 0.2) is 5.78 Å². The minimum absolute atomic E-state index is 0.0386. The molecular weight excluding hydrogens is 316 g/mol. The highest BCUT2D eigenvalue weighted by molar-refractivity contribution is 5.91. The SMILES string of the molecule is C[C@@]12C[C@@H](O)[C@@H]3[C@H](CCC4=CC(=O)CC[C@]43C)[C@H]1CCC2C(O)C=O. The molecule has 4 nitrogen and oxygen atoms in total. The first kappa shape index (κ1) is 17.4. The Bertz CT molecular complexity index is 625. The third-order valence-corrected chi connectivity index (χ3v) is 8.52. The fourth-order valence-electron chi connectivity index (χ4n) is 7.38. The van der Waals surface area contributed by atoms with Crippen LogP contribution in [0.4, 0.5) is 0 Å². The minimum atomic E-state index is -0.916. The molecule has 0 bridgehead atoms. The number of ketones is 1. The normalized spacial score (nSPS) is 50.3. The molecule has 0 spiro atoms. The average molecular weight is 346 g/mol. The summed E-state index contributed by atoms with van der Waals surface area (Å²) in [7, 11) is 0. The van der Waals surface area contributed by atoms with Crippen molar-refractivity contribution in [3.8, 4) is 0 Å². The molecule has 3 fully saturated rings. The zero-order valence-corrected chi connectivity index (χ0v) is 15.3. The molecule has 25 heavy (non-hydrogen) atoms. The van der Waals surface area contributed by atoms with Crippen molar-refractivity contribution < 1.29 is 19.8 Å². The Balaban J connectivity index is 1.70. The van der Waals surface area contributed by atoms with Gasteiger partial charge < -0.3 is 15.0 Å². The van der Waals surface area contributed by atoms with Gasteiger partial charge in [-0.05, 0) is 79.1 Å². The Hall–Kier alpha value is -1.00. The number of allylic oxidation sites excluding steroid dienone is 1. The van der Waals surface area contributed by atoms with E-state index in [0.29, 0.717) is 31.0 Å². The van der Waals surface area contributed by atoms with E-state index >= 15 is 0 Å². The smallest absolute Gasteiger partial charge is 0.155 e. The van der Waals surface area contributed by atoms with Crippen molar-refractivity contribution in [1.29, 1.82) is 0 Å². The first-order valence-corrected chi connectivity index (χ1v) is 9.86. The highest BCUT2D eigenvalue weighted by Gasteiger charge is 2.62. The maximum absolute atomic E-state index is 11.9. The van der Waals surface area contributed by atoms with Gasteiger partial charge in [0.1, 0.15) is 12.4 Å². The molecule has 0 aromatic carbocycles. The fourth-order valence-corrected chi connectivity index (χ4v) is 7.38. The van der Waals surface area contributed by atoms with Crippen LogP contribution in [0.5, 0.6) is 0 Å². The molecule has 138 valence electrons. The summed E-state index contributed by atoms with van der Waals surface area (Å²) < 4.78 is 0. The fraction of sp³-hybridized carbons (Fsp3) is 0.810. The molecule has 0 aromatic heterocycles. The molecule has 0 heterocycles. The number of rotatable bonds is 2. The van der Waals surface area contributed by atoms with Crippen LogP contribution in [0, 0.1) is 34.5 Å². The third kappa shape index (κ3) is 2.33. The van der Waals surface area contributed by atoms with E-state index in [0.717, 1.165) is 32.1 Å². The summed E-state index contributed by atoms with van der Waals surface area (Å²) in [5.41, 5.74) is 1.01. The zero-order chi connectivity index (χ0) is 18.0. The number of carbonyl (C=O) groups is 2. The molecule has 0 aliphatic heterocycles. The Morgan fingerprint density at radius 1 is 1.24 bits per heavy atom. The van der Waals surface area contributed by atoms with E-state index in [-0.39, 0.29) is 28.4 Å². The third-order valence-electron chi connectivity index (χ3n) is 8.52. The van der Waals surface area contributed by atoms with Gasteiger partial charge in [0.2, 0.25) is 0 Å². The monoisotopic (exact) mass is 346 g/mol. The van der Waals surface area contributed by atoms with E-state index in [1.165, 1.54) is 5.57 Å². The van der Waals surface area contributed by atoms with Crippen molar-refractivity contribution in [2.24, 2.45) is 34.5 Å². The second-order valence-corrected chi connectivity index (χ2v) is 9.48. The van der Waals surface area contributed by atoms with Crippen molar-refractivity contribution in [2.75, 3.05) is 0 Å². The lowest BCUT2D eigenvalue weighted by Gasteiger charge is -2.60. The topological polar surface area (TPSA) is 74.6 Å². The number of fused-ring (bicyclic) bond motifs is 5. The minimum Gasteiger partial charge on any atom is -0.393 e. The standard InChI is InChI=1S/C21H30O4/c1-20-8-7-13(23)9-12(20)3-4-14-15-5-6-16(18(25)11-22)21(15,2)10-17(24)19(14)20/h9,11,14-19,24-25H,3-8,10H2,1-2H3/t14-,15-,16?,17-,18?,19+,20-,21-/m1/s1. The van der Waals surface area contributed by atoms with Crippen LogP contribution in [-0.2, 0) is 9.59 Å². The number of hydrogen-bond donors (Lipinski definition) is 2. The summed E-state index contributed by atoms with van der Waals surface area (Å²) in [5, 5.41) is 21.4. The first-order valence-electron chi connectivity index (χ1n) is 9.86. The van der Waals surface area contributed by atoms with E-state index < -0.39 is 12.2 Å². The number of carbonyl (C=O) groups excluding carboxylic acids is 2. The quantitative estimate of drug-likeness (QED) is 0.754. The molecule has 4 rings (SSSR count). The lowest BCUT2D eigenvalue weighted by atomic mass is 9.46. The van der Waals surface area contributed by atoms with E-state index in [1.807, 2.05) is 6.08 Å². The maximum atomic E-state index is 11.9.